The summed E-state index contributed by atoms with van der Waals surface area (Å²) >= 11 is 0. The Kier molecular flexibility index (Phi) is 3.99. The van der Waals surface area contributed by atoms with E-state index in [0.29, 0.717) is 16.9 Å². The van der Waals surface area contributed by atoms with Crippen molar-refractivity contribution in [2.45, 2.75) is 13.5 Å². The molecule has 8 heteroatoms. The van der Waals surface area contributed by atoms with Gasteiger partial charge in [-0.1, -0.05) is 18.2 Å². The van der Waals surface area contributed by atoms with E-state index in [1.807, 2.05) is 47.9 Å². The molecule has 0 amide bonds. The zero-order valence-corrected chi connectivity index (χ0v) is 16.1. The minimum Gasteiger partial charge on any atom is -0.480 e. The van der Waals surface area contributed by atoms with Gasteiger partial charge in [0.2, 0.25) is 0 Å². The van der Waals surface area contributed by atoms with Crippen molar-refractivity contribution in [3.63, 3.8) is 0 Å². The van der Waals surface area contributed by atoms with Crippen molar-refractivity contribution in [3.8, 4) is 16.9 Å². The average molecular weight is 399 g/mol. The van der Waals surface area contributed by atoms with Crippen LogP contribution in [0.25, 0.3) is 33.5 Å². The normalized spacial score (nSPS) is 11.4. The van der Waals surface area contributed by atoms with Crippen molar-refractivity contribution in [1.82, 2.24) is 23.5 Å². The van der Waals surface area contributed by atoms with E-state index >= 15 is 0 Å². The minimum atomic E-state index is -1.07. The van der Waals surface area contributed by atoms with Gasteiger partial charge in [-0.2, -0.15) is 0 Å². The largest absolute Gasteiger partial charge is 0.480 e. The number of nitrogens with zero attached hydrogens (tertiary/aromatic N) is 5. The lowest BCUT2D eigenvalue weighted by Gasteiger charge is -2.07. The molecule has 30 heavy (non-hydrogen) atoms. The Morgan fingerprint density at radius 2 is 1.93 bits per heavy atom. The summed E-state index contributed by atoms with van der Waals surface area (Å²) in [6.45, 7) is 1.48. The van der Waals surface area contributed by atoms with Crippen molar-refractivity contribution in [2.24, 2.45) is 0 Å². The van der Waals surface area contributed by atoms with E-state index in [4.69, 9.17) is 0 Å². The Balaban J connectivity index is 1.68. The van der Waals surface area contributed by atoms with E-state index in [2.05, 4.69) is 9.97 Å². The first-order valence-electron chi connectivity index (χ1n) is 9.35. The molecular formula is C22H17N5O3. The number of fused-ring (bicyclic) bond motifs is 2. The molecule has 0 fully saturated rings. The number of rotatable bonds is 4. The third kappa shape index (κ3) is 2.69. The Bertz CT molecular complexity index is 1470. The monoisotopic (exact) mass is 399 g/mol. The van der Waals surface area contributed by atoms with Gasteiger partial charge in [-0.25, -0.2) is 19.3 Å². The SMILES string of the molecule is Cc1cccc2c1n(-c1ccc(-c3cccn4cncc34)cn1)c(=O)n2CC(=O)O. The number of carbonyl (C=O) groups is 1. The van der Waals surface area contributed by atoms with Crippen LogP contribution in [0.2, 0.25) is 0 Å². The molecule has 1 aromatic carbocycles. The number of benzene rings is 1. The molecule has 1 N–H and O–H groups in total. The number of carboxylic acids is 1. The van der Waals surface area contributed by atoms with Crippen LogP contribution in [0.15, 0.2) is 72.2 Å². The second kappa shape index (κ2) is 6.70. The predicted octanol–water partition coefficient (Wildman–Crippen LogP) is 2.89. The Hall–Kier alpha value is -4.20. The summed E-state index contributed by atoms with van der Waals surface area (Å²) in [5.74, 6) is -0.637. The van der Waals surface area contributed by atoms with E-state index in [1.54, 1.807) is 30.9 Å². The van der Waals surface area contributed by atoms with Gasteiger partial charge in [0.05, 0.1) is 29.1 Å². The number of aliphatic carboxylic acids is 1. The Morgan fingerprint density at radius 1 is 1.07 bits per heavy atom. The number of carboxylic acid groups (broad SMARTS) is 1. The summed E-state index contributed by atoms with van der Waals surface area (Å²) in [5.41, 5.74) is 4.48. The van der Waals surface area contributed by atoms with Gasteiger partial charge in [-0.05, 0) is 36.8 Å². The van der Waals surface area contributed by atoms with Crippen molar-refractivity contribution in [2.75, 3.05) is 0 Å². The summed E-state index contributed by atoms with van der Waals surface area (Å²) in [4.78, 5) is 33.1. The number of aromatic nitrogens is 5. The molecule has 148 valence electrons. The van der Waals surface area contributed by atoms with Gasteiger partial charge in [-0.3, -0.25) is 9.36 Å². The number of aryl methyl sites for hydroxylation is 1. The number of para-hydroxylation sites is 1. The van der Waals surface area contributed by atoms with Crippen molar-refractivity contribution < 1.29 is 9.90 Å². The van der Waals surface area contributed by atoms with Crippen LogP contribution in [0.4, 0.5) is 0 Å². The summed E-state index contributed by atoms with van der Waals surface area (Å²) < 4.78 is 4.65. The first-order valence-corrected chi connectivity index (χ1v) is 9.35. The second-order valence-electron chi connectivity index (χ2n) is 7.05. The van der Waals surface area contributed by atoms with E-state index in [1.165, 1.54) is 9.13 Å². The number of imidazole rings is 2. The zero-order chi connectivity index (χ0) is 20.8. The van der Waals surface area contributed by atoms with Crippen LogP contribution >= 0.6 is 0 Å². The molecule has 4 heterocycles. The van der Waals surface area contributed by atoms with Gasteiger partial charge < -0.3 is 9.51 Å². The first kappa shape index (κ1) is 17.9. The molecule has 8 nitrogen and oxygen atoms in total. The summed E-state index contributed by atoms with van der Waals surface area (Å²) in [6.07, 6.45) is 7.16. The van der Waals surface area contributed by atoms with Gasteiger partial charge in [0.25, 0.3) is 0 Å². The van der Waals surface area contributed by atoms with Crippen LogP contribution < -0.4 is 5.69 Å². The highest BCUT2D eigenvalue weighted by Crippen LogP contribution is 2.25. The average Bonchev–Trinajstić information content (AvgIpc) is 3.32. The number of hydrogen-bond donors (Lipinski definition) is 1. The van der Waals surface area contributed by atoms with Crippen LogP contribution in [0.5, 0.6) is 0 Å². The Labute approximate surface area is 170 Å². The van der Waals surface area contributed by atoms with Gasteiger partial charge in [0.1, 0.15) is 12.4 Å². The lowest BCUT2D eigenvalue weighted by atomic mass is 10.1. The molecule has 0 aliphatic rings. The molecule has 0 radical (unpaired) electrons. The van der Waals surface area contributed by atoms with Crippen molar-refractivity contribution in [3.05, 3.63) is 83.4 Å². The number of pyridine rings is 2. The smallest absolute Gasteiger partial charge is 0.335 e. The van der Waals surface area contributed by atoms with E-state index in [9.17, 15) is 14.7 Å². The molecular weight excluding hydrogens is 382 g/mol. The van der Waals surface area contributed by atoms with Crippen LogP contribution in [0, 0.1) is 6.92 Å². The topological polar surface area (TPSA) is 94.4 Å². The van der Waals surface area contributed by atoms with Crippen molar-refractivity contribution in [1.29, 1.82) is 0 Å². The van der Waals surface area contributed by atoms with Crippen LogP contribution in [-0.2, 0) is 11.3 Å². The lowest BCUT2D eigenvalue weighted by molar-refractivity contribution is -0.137. The highest BCUT2D eigenvalue weighted by atomic mass is 16.4. The van der Waals surface area contributed by atoms with Crippen LogP contribution in [0.1, 0.15) is 5.56 Å². The molecule has 0 aliphatic carbocycles. The Morgan fingerprint density at radius 3 is 2.70 bits per heavy atom. The maximum absolute atomic E-state index is 13.1. The van der Waals surface area contributed by atoms with Crippen LogP contribution in [0.3, 0.4) is 0 Å². The predicted molar refractivity (Wildman–Crippen MR) is 112 cm³/mol. The summed E-state index contributed by atoms with van der Waals surface area (Å²) in [6, 6.07) is 13.0. The fourth-order valence-electron chi connectivity index (χ4n) is 3.84. The van der Waals surface area contributed by atoms with Gasteiger partial charge in [0.15, 0.2) is 0 Å². The molecule has 0 spiro atoms. The third-order valence-corrected chi connectivity index (χ3v) is 5.19. The van der Waals surface area contributed by atoms with Gasteiger partial charge >= 0.3 is 11.7 Å². The maximum atomic E-state index is 13.1. The fourth-order valence-corrected chi connectivity index (χ4v) is 3.84. The third-order valence-electron chi connectivity index (χ3n) is 5.19. The zero-order valence-electron chi connectivity index (χ0n) is 16.1. The highest BCUT2D eigenvalue weighted by molar-refractivity contribution is 5.83. The number of hydrogen-bond acceptors (Lipinski definition) is 4. The molecule has 0 unspecified atom stereocenters. The highest BCUT2D eigenvalue weighted by Gasteiger charge is 2.18. The molecule has 0 saturated heterocycles. The standard InChI is InChI=1S/C22H17N5O3/c1-14-4-2-6-17-21(14)27(22(30)26(17)12-20(28)29)19-8-7-15(10-24-19)16-5-3-9-25-13-23-11-18(16)25/h2-11,13H,12H2,1H3,(H,28,29). The van der Waals surface area contributed by atoms with E-state index in [-0.39, 0.29) is 0 Å². The molecule has 0 atom stereocenters. The van der Waals surface area contributed by atoms with Crippen LogP contribution in [-0.4, -0.2) is 34.6 Å². The first-order chi connectivity index (χ1) is 14.5. The fraction of sp³-hybridized carbons (Fsp3) is 0.0909. The lowest BCUT2D eigenvalue weighted by Crippen LogP contribution is -2.26. The molecule has 4 aromatic heterocycles. The van der Waals surface area contributed by atoms with Crippen molar-refractivity contribution >= 4 is 22.5 Å². The minimum absolute atomic E-state index is 0.410. The summed E-state index contributed by atoms with van der Waals surface area (Å²) in [5, 5.41) is 9.24. The molecule has 0 saturated carbocycles. The molecule has 5 rings (SSSR count). The van der Waals surface area contributed by atoms with E-state index in [0.717, 1.165) is 22.2 Å². The molecule has 0 bridgehead atoms. The second-order valence-corrected chi connectivity index (χ2v) is 7.05. The van der Waals surface area contributed by atoms with Gasteiger partial charge in [-0.15, -0.1) is 0 Å². The summed E-state index contributed by atoms with van der Waals surface area (Å²) in [7, 11) is 0. The maximum Gasteiger partial charge on any atom is 0.335 e. The van der Waals surface area contributed by atoms with E-state index < -0.39 is 18.2 Å². The molecule has 0 aliphatic heterocycles. The van der Waals surface area contributed by atoms with Gasteiger partial charge in [0, 0.05) is 23.5 Å². The quantitative estimate of drug-likeness (QED) is 0.501. The molecule has 5 aromatic rings.